The highest BCUT2D eigenvalue weighted by Gasteiger charge is 2.13. The van der Waals surface area contributed by atoms with Gasteiger partial charge in [-0.05, 0) is 42.9 Å². The van der Waals surface area contributed by atoms with Gasteiger partial charge in [-0.3, -0.25) is 9.48 Å². The zero-order chi connectivity index (χ0) is 12.5. The molecular formula is C15H16N2O. The maximum atomic E-state index is 11.0. The van der Waals surface area contributed by atoms with Crippen LogP contribution in [0.4, 0.5) is 0 Å². The lowest BCUT2D eigenvalue weighted by Crippen LogP contribution is -2.02. The number of fused-ring (bicyclic) bond motifs is 1. The summed E-state index contributed by atoms with van der Waals surface area (Å²) < 4.78 is 1.69. The van der Waals surface area contributed by atoms with Gasteiger partial charge in [0.25, 0.3) is 0 Å². The second kappa shape index (κ2) is 4.41. The lowest BCUT2D eigenvalue weighted by Gasteiger charge is -2.16. The topological polar surface area (TPSA) is 34.9 Å². The molecule has 0 fully saturated rings. The Labute approximate surface area is 106 Å². The van der Waals surface area contributed by atoms with Crippen molar-refractivity contribution in [3.8, 4) is 11.3 Å². The van der Waals surface area contributed by atoms with Gasteiger partial charge in [0.2, 0.25) is 0 Å². The van der Waals surface area contributed by atoms with E-state index < -0.39 is 0 Å². The number of rotatable bonds is 2. The third-order valence-corrected chi connectivity index (χ3v) is 3.61. The summed E-state index contributed by atoms with van der Waals surface area (Å²) in [5, 5.41) is 4.39. The third kappa shape index (κ3) is 1.86. The molecule has 0 unspecified atom stereocenters. The van der Waals surface area contributed by atoms with Crippen molar-refractivity contribution in [2.75, 3.05) is 0 Å². The van der Waals surface area contributed by atoms with Crippen LogP contribution in [0.1, 0.15) is 34.3 Å². The Morgan fingerprint density at radius 1 is 1.22 bits per heavy atom. The summed E-state index contributed by atoms with van der Waals surface area (Å²) in [7, 11) is 1.84. The summed E-state index contributed by atoms with van der Waals surface area (Å²) in [6, 6.07) is 6.47. The van der Waals surface area contributed by atoms with Crippen LogP contribution in [-0.2, 0) is 19.9 Å². The summed E-state index contributed by atoms with van der Waals surface area (Å²) in [5.74, 6) is 0. The lowest BCUT2D eigenvalue weighted by atomic mass is 9.89. The fraction of sp³-hybridized carbons (Fsp3) is 0.333. The first kappa shape index (κ1) is 11.2. The third-order valence-electron chi connectivity index (χ3n) is 3.61. The highest BCUT2D eigenvalue weighted by Crippen LogP contribution is 2.27. The maximum absolute atomic E-state index is 11.0. The van der Waals surface area contributed by atoms with Crippen LogP contribution >= 0.6 is 0 Å². The van der Waals surface area contributed by atoms with Gasteiger partial charge in [-0.1, -0.05) is 12.1 Å². The molecule has 18 heavy (non-hydrogen) atoms. The summed E-state index contributed by atoms with van der Waals surface area (Å²) >= 11 is 0. The van der Waals surface area contributed by atoms with E-state index >= 15 is 0 Å². The molecule has 1 aromatic heterocycles. The van der Waals surface area contributed by atoms with Gasteiger partial charge in [0.05, 0.1) is 5.56 Å². The van der Waals surface area contributed by atoms with Crippen LogP contribution in [-0.4, -0.2) is 16.1 Å². The number of carbonyl (C=O) groups excluding carboxylic acids is 1. The molecule has 1 heterocycles. The molecule has 1 aliphatic rings. The summed E-state index contributed by atoms with van der Waals surface area (Å²) in [6.45, 7) is 0. The normalized spacial score (nSPS) is 14.3. The largest absolute Gasteiger partial charge is 0.298 e. The number of aromatic nitrogens is 2. The quantitative estimate of drug-likeness (QED) is 0.756. The molecule has 0 spiro atoms. The molecule has 3 nitrogen and oxygen atoms in total. The van der Waals surface area contributed by atoms with Gasteiger partial charge in [0.1, 0.15) is 5.69 Å². The molecular weight excluding hydrogens is 224 g/mol. The predicted molar refractivity (Wildman–Crippen MR) is 70.7 cm³/mol. The highest BCUT2D eigenvalue weighted by atomic mass is 16.1. The minimum absolute atomic E-state index is 0.660. The highest BCUT2D eigenvalue weighted by molar-refractivity contribution is 5.85. The van der Waals surface area contributed by atoms with E-state index in [4.69, 9.17) is 0 Å². The smallest absolute Gasteiger partial charge is 0.153 e. The molecule has 92 valence electrons. The van der Waals surface area contributed by atoms with Crippen LogP contribution in [0.2, 0.25) is 0 Å². The fourth-order valence-corrected chi connectivity index (χ4v) is 2.70. The Morgan fingerprint density at radius 3 is 2.78 bits per heavy atom. The van der Waals surface area contributed by atoms with Crippen LogP contribution < -0.4 is 0 Å². The molecule has 1 aromatic carbocycles. The van der Waals surface area contributed by atoms with Gasteiger partial charge in [-0.2, -0.15) is 5.10 Å². The summed E-state index contributed by atoms with van der Waals surface area (Å²) in [6.07, 6.45) is 7.52. The number of aryl methyl sites for hydroxylation is 3. The molecule has 1 aliphatic carbocycles. The van der Waals surface area contributed by atoms with E-state index in [0.29, 0.717) is 5.56 Å². The van der Waals surface area contributed by atoms with Gasteiger partial charge in [-0.15, -0.1) is 0 Å². The van der Waals surface area contributed by atoms with E-state index in [1.54, 1.807) is 10.9 Å². The van der Waals surface area contributed by atoms with Crippen LogP contribution in [0.25, 0.3) is 11.3 Å². The van der Waals surface area contributed by atoms with Crippen LogP contribution in [0.15, 0.2) is 24.4 Å². The second-order valence-corrected chi connectivity index (χ2v) is 4.92. The summed E-state index contributed by atoms with van der Waals surface area (Å²) in [4.78, 5) is 11.0. The van der Waals surface area contributed by atoms with Crippen LogP contribution in [0, 0.1) is 0 Å². The van der Waals surface area contributed by atoms with E-state index in [-0.39, 0.29) is 0 Å². The summed E-state index contributed by atoms with van der Waals surface area (Å²) in [5.41, 5.74) is 5.38. The Kier molecular flexibility index (Phi) is 2.74. The van der Waals surface area contributed by atoms with Crippen molar-refractivity contribution in [1.82, 2.24) is 9.78 Å². The van der Waals surface area contributed by atoms with Crippen molar-refractivity contribution in [3.05, 3.63) is 41.1 Å². The molecule has 0 amide bonds. The number of aldehydes is 1. The van der Waals surface area contributed by atoms with E-state index in [9.17, 15) is 4.79 Å². The average molecular weight is 240 g/mol. The average Bonchev–Trinajstić information content (AvgIpc) is 2.79. The van der Waals surface area contributed by atoms with Crippen LogP contribution in [0.5, 0.6) is 0 Å². The molecule has 2 aromatic rings. The van der Waals surface area contributed by atoms with Crippen molar-refractivity contribution >= 4 is 6.29 Å². The van der Waals surface area contributed by atoms with E-state index in [1.165, 1.54) is 30.4 Å². The zero-order valence-corrected chi connectivity index (χ0v) is 10.5. The fourth-order valence-electron chi connectivity index (χ4n) is 2.70. The second-order valence-electron chi connectivity index (χ2n) is 4.92. The Hall–Kier alpha value is -1.90. The molecule has 0 atom stereocenters. The minimum atomic E-state index is 0.660. The molecule has 0 N–H and O–H groups in total. The Morgan fingerprint density at radius 2 is 2.00 bits per heavy atom. The van der Waals surface area contributed by atoms with Crippen molar-refractivity contribution in [2.45, 2.75) is 25.7 Å². The molecule has 0 aliphatic heterocycles. The first-order chi connectivity index (χ1) is 8.78. The van der Waals surface area contributed by atoms with Gasteiger partial charge >= 0.3 is 0 Å². The minimum Gasteiger partial charge on any atom is -0.298 e. The van der Waals surface area contributed by atoms with Crippen molar-refractivity contribution in [2.24, 2.45) is 7.05 Å². The SMILES string of the molecule is Cn1cc(C=O)c(-c2ccc3c(c2)CCCC3)n1. The van der Waals surface area contributed by atoms with Crippen molar-refractivity contribution in [3.63, 3.8) is 0 Å². The van der Waals surface area contributed by atoms with Gasteiger partial charge in [-0.25, -0.2) is 0 Å². The van der Waals surface area contributed by atoms with Gasteiger partial charge in [0, 0.05) is 18.8 Å². The first-order valence-corrected chi connectivity index (χ1v) is 6.39. The number of benzene rings is 1. The molecule has 0 bridgehead atoms. The van der Waals surface area contributed by atoms with Crippen LogP contribution in [0.3, 0.4) is 0 Å². The lowest BCUT2D eigenvalue weighted by molar-refractivity contribution is 0.112. The Balaban J connectivity index is 2.08. The monoisotopic (exact) mass is 240 g/mol. The number of hydrogen-bond acceptors (Lipinski definition) is 2. The Bertz CT molecular complexity index is 599. The number of hydrogen-bond donors (Lipinski definition) is 0. The molecule has 3 rings (SSSR count). The number of nitrogens with zero attached hydrogens (tertiary/aromatic N) is 2. The predicted octanol–water partition coefficient (Wildman–Crippen LogP) is 2.78. The van der Waals surface area contributed by atoms with Crippen molar-refractivity contribution < 1.29 is 4.79 Å². The molecule has 0 saturated carbocycles. The van der Waals surface area contributed by atoms with Crippen molar-refractivity contribution in [1.29, 1.82) is 0 Å². The van der Waals surface area contributed by atoms with Gasteiger partial charge in [0.15, 0.2) is 6.29 Å². The standard InChI is InChI=1S/C15H16N2O/c1-17-9-14(10-18)15(16-17)13-7-6-11-4-2-3-5-12(11)8-13/h6-10H,2-5H2,1H3. The van der Waals surface area contributed by atoms with E-state index in [2.05, 4.69) is 23.3 Å². The van der Waals surface area contributed by atoms with Gasteiger partial charge < -0.3 is 0 Å². The van der Waals surface area contributed by atoms with E-state index in [0.717, 1.165) is 24.0 Å². The van der Waals surface area contributed by atoms with E-state index in [1.807, 2.05) is 7.05 Å². The number of carbonyl (C=O) groups is 1. The molecule has 0 radical (unpaired) electrons. The molecule has 3 heteroatoms. The maximum Gasteiger partial charge on any atom is 0.153 e. The first-order valence-electron chi connectivity index (χ1n) is 6.39. The zero-order valence-electron chi connectivity index (χ0n) is 10.5. The molecule has 0 saturated heterocycles.